The van der Waals surface area contributed by atoms with Crippen LogP contribution in [0.1, 0.15) is 38.8 Å². The minimum atomic E-state index is -3.82. The van der Waals surface area contributed by atoms with Crippen molar-refractivity contribution in [3.63, 3.8) is 0 Å². The Morgan fingerprint density at radius 1 is 0.969 bits per heavy atom. The summed E-state index contributed by atoms with van der Waals surface area (Å²) < 4.78 is 28.0. The number of nitrogens with zero attached hydrogens (tertiary/aromatic N) is 1. The summed E-state index contributed by atoms with van der Waals surface area (Å²) in [5.41, 5.74) is 3.02. The fourth-order valence-corrected chi connectivity index (χ4v) is 5.33. The predicted molar refractivity (Wildman–Crippen MR) is 124 cm³/mol. The van der Waals surface area contributed by atoms with Crippen molar-refractivity contribution in [2.24, 2.45) is 0 Å². The Morgan fingerprint density at radius 2 is 1.72 bits per heavy atom. The largest absolute Gasteiger partial charge is 0.322 e. The van der Waals surface area contributed by atoms with E-state index in [2.05, 4.69) is 5.32 Å². The van der Waals surface area contributed by atoms with Gasteiger partial charge in [0, 0.05) is 24.3 Å². The van der Waals surface area contributed by atoms with E-state index in [1.165, 1.54) is 29.4 Å². The number of anilines is 1. The van der Waals surface area contributed by atoms with E-state index < -0.39 is 15.9 Å². The lowest BCUT2D eigenvalue weighted by Gasteiger charge is -2.28. The molecule has 0 saturated heterocycles. The second kappa shape index (κ2) is 8.86. The highest BCUT2D eigenvalue weighted by atomic mass is 35.5. The number of carbonyl (C=O) groups is 2. The number of nitrogens with one attached hydrogen (secondary N) is 1. The number of halogens is 1. The Balaban J connectivity index is 1.60. The molecule has 0 radical (unpaired) electrons. The highest BCUT2D eigenvalue weighted by Gasteiger charge is 2.29. The van der Waals surface area contributed by atoms with E-state index >= 15 is 0 Å². The molecule has 1 aliphatic heterocycles. The summed E-state index contributed by atoms with van der Waals surface area (Å²) >= 11 is 6.22. The van der Waals surface area contributed by atoms with Crippen LogP contribution in [0.3, 0.4) is 0 Å². The summed E-state index contributed by atoms with van der Waals surface area (Å²) in [6.07, 6.45) is 0.628. The number of rotatable bonds is 5. The SMILES string of the molecule is CC(=O)c1cccc(NC(=O)c2cc(S(=O)(=O)N3CCc4ccccc4C3)ccc2Cl)c1. The van der Waals surface area contributed by atoms with Crippen LogP contribution in [0.25, 0.3) is 0 Å². The fourth-order valence-electron chi connectivity index (χ4n) is 3.68. The lowest BCUT2D eigenvalue weighted by molar-refractivity contribution is 0.101. The molecule has 3 aromatic rings. The van der Waals surface area contributed by atoms with Crippen LogP contribution >= 0.6 is 11.6 Å². The number of hydrogen-bond acceptors (Lipinski definition) is 4. The Bertz CT molecular complexity index is 1320. The molecule has 6 nitrogen and oxygen atoms in total. The topological polar surface area (TPSA) is 83.5 Å². The minimum absolute atomic E-state index is 0.00363. The molecule has 0 unspecified atom stereocenters. The third-order valence-electron chi connectivity index (χ3n) is 5.44. The fraction of sp³-hybridized carbons (Fsp3) is 0.167. The van der Waals surface area contributed by atoms with Crippen LogP contribution in [0.4, 0.5) is 5.69 Å². The maximum atomic E-state index is 13.3. The number of fused-ring (bicyclic) bond motifs is 1. The molecule has 8 heteroatoms. The zero-order chi connectivity index (χ0) is 22.9. The molecule has 4 rings (SSSR count). The van der Waals surface area contributed by atoms with E-state index in [1.807, 2.05) is 24.3 Å². The summed E-state index contributed by atoms with van der Waals surface area (Å²) in [5, 5.41) is 2.81. The third kappa shape index (κ3) is 4.46. The summed E-state index contributed by atoms with van der Waals surface area (Å²) in [6, 6.07) is 18.4. The van der Waals surface area contributed by atoms with Crippen molar-refractivity contribution < 1.29 is 18.0 Å². The van der Waals surface area contributed by atoms with Gasteiger partial charge in [0.25, 0.3) is 5.91 Å². The molecule has 1 amide bonds. The first-order chi connectivity index (χ1) is 15.3. The van der Waals surface area contributed by atoms with Crippen LogP contribution in [-0.2, 0) is 23.0 Å². The highest BCUT2D eigenvalue weighted by molar-refractivity contribution is 7.89. The van der Waals surface area contributed by atoms with Crippen LogP contribution in [0.15, 0.2) is 71.6 Å². The van der Waals surface area contributed by atoms with Gasteiger partial charge in [0.2, 0.25) is 10.0 Å². The smallest absolute Gasteiger partial charge is 0.257 e. The maximum absolute atomic E-state index is 13.3. The first kappa shape index (κ1) is 22.2. The molecule has 3 aromatic carbocycles. The van der Waals surface area contributed by atoms with Gasteiger partial charge in [-0.1, -0.05) is 48.0 Å². The van der Waals surface area contributed by atoms with Crippen LogP contribution < -0.4 is 5.32 Å². The van der Waals surface area contributed by atoms with Gasteiger partial charge in [-0.3, -0.25) is 9.59 Å². The monoisotopic (exact) mass is 468 g/mol. The van der Waals surface area contributed by atoms with Gasteiger partial charge >= 0.3 is 0 Å². The van der Waals surface area contributed by atoms with E-state index in [-0.39, 0.29) is 27.8 Å². The third-order valence-corrected chi connectivity index (χ3v) is 7.61. The van der Waals surface area contributed by atoms with Crippen molar-refractivity contribution in [1.82, 2.24) is 4.31 Å². The van der Waals surface area contributed by atoms with Crippen molar-refractivity contribution >= 4 is 39.0 Å². The van der Waals surface area contributed by atoms with Gasteiger partial charge in [-0.05, 0) is 54.8 Å². The number of benzene rings is 3. The number of hydrogen-bond donors (Lipinski definition) is 1. The Hall–Kier alpha value is -3.00. The lowest BCUT2D eigenvalue weighted by Crippen LogP contribution is -2.36. The molecule has 0 aromatic heterocycles. The van der Waals surface area contributed by atoms with Gasteiger partial charge in [0.05, 0.1) is 15.5 Å². The normalized spacial score (nSPS) is 13.9. The van der Waals surface area contributed by atoms with Crippen LogP contribution in [0.2, 0.25) is 5.02 Å². The second-order valence-corrected chi connectivity index (χ2v) is 9.94. The molecular formula is C24H21ClN2O4S. The van der Waals surface area contributed by atoms with Crippen LogP contribution in [-0.4, -0.2) is 31.0 Å². The van der Waals surface area contributed by atoms with Crippen molar-refractivity contribution in [1.29, 1.82) is 0 Å². The van der Waals surface area contributed by atoms with Gasteiger partial charge in [0.15, 0.2) is 5.78 Å². The van der Waals surface area contributed by atoms with Crippen LogP contribution in [0.5, 0.6) is 0 Å². The van der Waals surface area contributed by atoms with E-state index in [0.29, 0.717) is 24.2 Å². The van der Waals surface area contributed by atoms with Crippen molar-refractivity contribution in [2.75, 3.05) is 11.9 Å². The second-order valence-electron chi connectivity index (χ2n) is 7.59. The van der Waals surface area contributed by atoms with E-state index in [4.69, 9.17) is 11.6 Å². The summed E-state index contributed by atoms with van der Waals surface area (Å²) in [6.45, 7) is 2.08. The highest BCUT2D eigenvalue weighted by Crippen LogP contribution is 2.28. The molecule has 0 fully saturated rings. The molecule has 1 heterocycles. The maximum Gasteiger partial charge on any atom is 0.257 e. The zero-order valence-electron chi connectivity index (χ0n) is 17.3. The number of amides is 1. The Morgan fingerprint density at radius 3 is 2.47 bits per heavy atom. The summed E-state index contributed by atoms with van der Waals surface area (Å²) in [4.78, 5) is 24.4. The molecule has 0 saturated carbocycles. The molecule has 1 N–H and O–H groups in total. The van der Waals surface area contributed by atoms with Gasteiger partial charge in [-0.2, -0.15) is 4.31 Å². The lowest BCUT2D eigenvalue weighted by atomic mass is 10.0. The number of sulfonamides is 1. The van der Waals surface area contributed by atoms with Gasteiger partial charge < -0.3 is 5.32 Å². The quantitative estimate of drug-likeness (QED) is 0.557. The Kier molecular flexibility index (Phi) is 6.15. The van der Waals surface area contributed by atoms with Gasteiger partial charge in [-0.15, -0.1) is 0 Å². The van der Waals surface area contributed by atoms with Gasteiger partial charge in [-0.25, -0.2) is 8.42 Å². The molecular weight excluding hydrogens is 448 g/mol. The minimum Gasteiger partial charge on any atom is -0.322 e. The average molecular weight is 469 g/mol. The Labute approximate surface area is 191 Å². The molecule has 0 atom stereocenters. The molecule has 1 aliphatic rings. The van der Waals surface area contributed by atoms with Crippen molar-refractivity contribution in [3.8, 4) is 0 Å². The standard InChI is InChI=1S/C24H21ClN2O4S/c1-16(28)18-7-4-8-20(13-18)26-24(29)22-14-21(9-10-23(22)25)32(30,31)27-12-11-17-5-2-3-6-19(17)15-27/h2-10,13-14H,11-12,15H2,1H3,(H,26,29). The summed E-state index contributed by atoms with van der Waals surface area (Å²) in [7, 11) is -3.82. The van der Waals surface area contributed by atoms with Gasteiger partial charge in [0.1, 0.15) is 0 Å². The number of ketones is 1. The first-order valence-electron chi connectivity index (χ1n) is 10.0. The van der Waals surface area contributed by atoms with E-state index in [0.717, 1.165) is 11.1 Å². The summed E-state index contributed by atoms with van der Waals surface area (Å²) in [5.74, 6) is -0.688. The number of carbonyl (C=O) groups excluding carboxylic acids is 2. The molecule has 0 aliphatic carbocycles. The molecule has 32 heavy (non-hydrogen) atoms. The van der Waals surface area contributed by atoms with E-state index in [9.17, 15) is 18.0 Å². The molecule has 164 valence electrons. The van der Waals surface area contributed by atoms with Crippen LogP contribution in [0, 0.1) is 0 Å². The average Bonchev–Trinajstić information content (AvgIpc) is 2.79. The zero-order valence-corrected chi connectivity index (χ0v) is 18.9. The van der Waals surface area contributed by atoms with E-state index in [1.54, 1.807) is 24.3 Å². The number of Topliss-reactive ketones (excluding diaryl/α,β-unsaturated/α-hetero) is 1. The van der Waals surface area contributed by atoms with Crippen molar-refractivity contribution in [3.05, 3.63) is 94.0 Å². The molecule has 0 bridgehead atoms. The predicted octanol–water partition coefficient (Wildman–Crippen LogP) is 4.54. The van der Waals surface area contributed by atoms with Crippen molar-refractivity contribution in [2.45, 2.75) is 24.8 Å². The first-order valence-corrected chi connectivity index (χ1v) is 11.9. The molecule has 0 spiro atoms.